The molecule has 1 saturated heterocycles. The van der Waals surface area contributed by atoms with Crippen molar-refractivity contribution in [2.75, 3.05) is 18.6 Å². The highest BCUT2D eigenvalue weighted by molar-refractivity contribution is 6.02. The Labute approximate surface area is 118 Å². The van der Waals surface area contributed by atoms with Crippen LogP contribution in [0.25, 0.3) is 0 Å². The van der Waals surface area contributed by atoms with Crippen LogP contribution in [0.2, 0.25) is 0 Å². The first-order valence-electron chi connectivity index (χ1n) is 6.91. The zero-order valence-corrected chi connectivity index (χ0v) is 11.9. The standard InChI is InChI=1S/C15H20N2O3/c1-3-6-11-15(19)17(10-9-14(18)16-11)12-7-4-5-8-13(12)20-2/h4-5,7-8,11H,3,6,9-10H2,1-2H3,(H,16,18). The number of carbonyl (C=O) groups is 2. The highest BCUT2D eigenvalue weighted by atomic mass is 16.5. The normalized spacial score (nSPS) is 19.5. The number of carbonyl (C=O) groups excluding carboxylic acids is 2. The Morgan fingerprint density at radius 2 is 2.10 bits per heavy atom. The summed E-state index contributed by atoms with van der Waals surface area (Å²) in [6, 6.07) is 6.94. The van der Waals surface area contributed by atoms with Gasteiger partial charge in [0.15, 0.2) is 0 Å². The number of ether oxygens (including phenoxy) is 1. The van der Waals surface area contributed by atoms with E-state index in [1.54, 1.807) is 12.0 Å². The number of hydrogen-bond donors (Lipinski definition) is 1. The molecule has 0 bridgehead atoms. The first kappa shape index (κ1) is 14.4. The highest BCUT2D eigenvalue weighted by Crippen LogP contribution is 2.29. The quantitative estimate of drug-likeness (QED) is 0.911. The summed E-state index contributed by atoms with van der Waals surface area (Å²) in [5.74, 6) is 0.502. The number of hydrogen-bond acceptors (Lipinski definition) is 3. The number of amides is 2. The van der Waals surface area contributed by atoms with Crippen molar-refractivity contribution in [3.8, 4) is 5.75 Å². The third-order valence-corrected chi connectivity index (χ3v) is 3.42. The lowest BCUT2D eigenvalue weighted by Gasteiger charge is -2.25. The molecule has 1 heterocycles. The van der Waals surface area contributed by atoms with Gasteiger partial charge >= 0.3 is 0 Å². The molecular formula is C15H20N2O3. The van der Waals surface area contributed by atoms with Crippen LogP contribution in [0.3, 0.4) is 0 Å². The molecule has 108 valence electrons. The number of anilines is 1. The van der Waals surface area contributed by atoms with Gasteiger partial charge in [0.25, 0.3) is 0 Å². The largest absolute Gasteiger partial charge is 0.495 e. The van der Waals surface area contributed by atoms with Crippen molar-refractivity contribution < 1.29 is 14.3 Å². The van der Waals surface area contributed by atoms with Crippen LogP contribution >= 0.6 is 0 Å². The molecule has 2 amide bonds. The van der Waals surface area contributed by atoms with Crippen LogP contribution in [-0.2, 0) is 9.59 Å². The van der Waals surface area contributed by atoms with Crippen molar-refractivity contribution in [3.63, 3.8) is 0 Å². The number of para-hydroxylation sites is 2. The molecule has 1 aromatic carbocycles. The molecule has 0 radical (unpaired) electrons. The van der Waals surface area contributed by atoms with E-state index in [9.17, 15) is 9.59 Å². The molecule has 1 unspecified atom stereocenters. The van der Waals surface area contributed by atoms with Crippen LogP contribution in [0.15, 0.2) is 24.3 Å². The maximum Gasteiger partial charge on any atom is 0.249 e. The zero-order valence-electron chi connectivity index (χ0n) is 11.9. The smallest absolute Gasteiger partial charge is 0.249 e. The van der Waals surface area contributed by atoms with Crippen molar-refractivity contribution in [1.82, 2.24) is 5.32 Å². The van der Waals surface area contributed by atoms with Crippen molar-refractivity contribution >= 4 is 17.5 Å². The summed E-state index contributed by atoms with van der Waals surface area (Å²) in [5, 5.41) is 2.80. The molecule has 1 aliphatic heterocycles. The van der Waals surface area contributed by atoms with Crippen molar-refractivity contribution in [3.05, 3.63) is 24.3 Å². The van der Waals surface area contributed by atoms with E-state index in [1.165, 1.54) is 0 Å². The van der Waals surface area contributed by atoms with Crippen molar-refractivity contribution in [2.24, 2.45) is 0 Å². The van der Waals surface area contributed by atoms with Gasteiger partial charge in [-0.2, -0.15) is 0 Å². The third kappa shape index (κ3) is 2.92. The van der Waals surface area contributed by atoms with Gasteiger partial charge in [-0.15, -0.1) is 0 Å². The molecule has 1 atom stereocenters. The van der Waals surface area contributed by atoms with Crippen LogP contribution in [-0.4, -0.2) is 31.5 Å². The summed E-state index contributed by atoms with van der Waals surface area (Å²) in [6.45, 7) is 2.38. The van der Waals surface area contributed by atoms with E-state index in [0.29, 0.717) is 25.1 Å². The van der Waals surface area contributed by atoms with Crippen LogP contribution < -0.4 is 15.0 Å². The lowest BCUT2D eigenvalue weighted by atomic mass is 10.1. The fraction of sp³-hybridized carbons (Fsp3) is 0.467. The molecule has 0 saturated carbocycles. The Morgan fingerprint density at radius 1 is 1.35 bits per heavy atom. The van der Waals surface area contributed by atoms with Crippen LogP contribution in [0.1, 0.15) is 26.2 Å². The van der Waals surface area contributed by atoms with E-state index >= 15 is 0 Å². The summed E-state index contributed by atoms with van der Waals surface area (Å²) in [4.78, 5) is 26.0. The van der Waals surface area contributed by atoms with Gasteiger partial charge in [0.05, 0.1) is 12.8 Å². The number of nitrogens with zero attached hydrogens (tertiary/aromatic N) is 1. The van der Waals surface area contributed by atoms with Crippen molar-refractivity contribution in [1.29, 1.82) is 0 Å². The first-order valence-corrected chi connectivity index (χ1v) is 6.91. The third-order valence-electron chi connectivity index (χ3n) is 3.42. The zero-order chi connectivity index (χ0) is 14.5. The predicted molar refractivity (Wildman–Crippen MR) is 76.8 cm³/mol. The molecule has 1 fully saturated rings. The number of methoxy groups -OCH3 is 1. The number of rotatable bonds is 4. The molecule has 0 aliphatic carbocycles. The first-order chi connectivity index (χ1) is 9.67. The molecule has 1 aliphatic rings. The topological polar surface area (TPSA) is 58.6 Å². The van der Waals surface area contributed by atoms with Crippen LogP contribution in [0.5, 0.6) is 5.75 Å². The van der Waals surface area contributed by atoms with Gasteiger partial charge in [0.1, 0.15) is 11.8 Å². The maximum atomic E-state index is 12.6. The highest BCUT2D eigenvalue weighted by Gasteiger charge is 2.31. The van der Waals surface area contributed by atoms with Gasteiger partial charge in [0, 0.05) is 13.0 Å². The molecule has 5 heteroatoms. The molecule has 5 nitrogen and oxygen atoms in total. The Balaban J connectivity index is 2.33. The summed E-state index contributed by atoms with van der Waals surface area (Å²) >= 11 is 0. The van der Waals surface area contributed by atoms with Gasteiger partial charge in [-0.3, -0.25) is 9.59 Å². The molecule has 0 aromatic heterocycles. The molecule has 0 spiro atoms. The Kier molecular flexibility index (Phi) is 4.61. The Morgan fingerprint density at radius 3 is 2.80 bits per heavy atom. The van der Waals surface area contributed by atoms with Crippen LogP contribution in [0, 0.1) is 0 Å². The van der Waals surface area contributed by atoms with Gasteiger partial charge in [-0.25, -0.2) is 0 Å². The van der Waals surface area contributed by atoms with Gasteiger partial charge < -0.3 is 15.0 Å². The van der Waals surface area contributed by atoms with Gasteiger partial charge in [-0.05, 0) is 18.6 Å². The lowest BCUT2D eigenvalue weighted by molar-refractivity contribution is -0.125. The van der Waals surface area contributed by atoms with Crippen LogP contribution in [0.4, 0.5) is 5.69 Å². The second-order valence-electron chi connectivity index (χ2n) is 4.82. The van der Waals surface area contributed by atoms with E-state index in [0.717, 1.165) is 12.1 Å². The van der Waals surface area contributed by atoms with E-state index < -0.39 is 6.04 Å². The fourth-order valence-electron chi connectivity index (χ4n) is 2.42. The minimum Gasteiger partial charge on any atom is -0.495 e. The molecule has 1 N–H and O–H groups in total. The van der Waals surface area contributed by atoms with E-state index in [-0.39, 0.29) is 11.8 Å². The Hall–Kier alpha value is -2.04. The summed E-state index contributed by atoms with van der Waals surface area (Å²) in [5.41, 5.74) is 0.720. The lowest BCUT2D eigenvalue weighted by Crippen LogP contribution is -2.44. The van der Waals surface area contributed by atoms with Crippen molar-refractivity contribution in [2.45, 2.75) is 32.2 Å². The second-order valence-corrected chi connectivity index (χ2v) is 4.82. The monoisotopic (exact) mass is 276 g/mol. The molecule has 2 rings (SSSR count). The fourth-order valence-corrected chi connectivity index (χ4v) is 2.42. The second kappa shape index (κ2) is 6.41. The van der Waals surface area contributed by atoms with Gasteiger partial charge in [0.2, 0.25) is 11.8 Å². The van der Waals surface area contributed by atoms with E-state index in [2.05, 4.69) is 5.32 Å². The maximum absolute atomic E-state index is 12.6. The average molecular weight is 276 g/mol. The average Bonchev–Trinajstić information content (AvgIpc) is 2.59. The minimum absolute atomic E-state index is 0.0674. The molecule has 1 aromatic rings. The Bertz CT molecular complexity index is 502. The summed E-state index contributed by atoms with van der Waals surface area (Å²) in [7, 11) is 1.58. The molecular weight excluding hydrogens is 256 g/mol. The van der Waals surface area contributed by atoms with Gasteiger partial charge in [-0.1, -0.05) is 25.5 Å². The van der Waals surface area contributed by atoms with E-state index in [4.69, 9.17) is 4.74 Å². The summed E-state index contributed by atoms with van der Waals surface area (Å²) in [6.07, 6.45) is 1.80. The number of nitrogens with one attached hydrogen (secondary N) is 1. The summed E-state index contributed by atoms with van der Waals surface area (Å²) < 4.78 is 5.31. The number of benzene rings is 1. The predicted octanol–water partition coefficient (Wildman–Crippen LogP) is 1.72. The molecule has 20 heavy (non-hydrogen) atoms. The van der Waals surface area contributed by atoms with E-state index in [1.807, 2.05) is 31.2 Å². The SMILES string of the molecule is CCCC1NC(=O)CCN(c2ccccc2OC)C1=O. The minimum atomic E-state index is -0.445.